The van der Waals surface area contributed by atoms with E-state index in [1.165, 1.54) is 6.20 Å². The van der Waals surface area contributed by atoms with Gasteiger partial charge in [0.05, 0.1) is 149 Å². The number of aromatic nitrogens is 7. The molecular formula is C45H65ClF3N9O20P2. The van der Waals surface area contributed by atoms with E-state index in [0.29, 0.717) is 134 Å². The molecule has 2 saturated heterocycles. The smallest absolute Gasteiger partial charge is 0.340 e. The molecule has 80 heavy (non-hydrogen) atoms. The van der Waals surface area contributed by atoms with Crippen LogP contribution in [0.1, 0.15) is 37.6 Å². The van der Waals surface area contributed by atoms with Gasteiger partial charge < -0.3 is 87.0 Å². The second-order valence-corrected chi connectivity index (χ2v) is 22.1. The average Bonchev–Trinajstić information content (AvgIpc) is 4.29. The minimum absolute atomic E-state index is 0.0508. The third-order valence-electron chi connectivity index (χ3n) is 11.6. The van der Waals surface area contributed by atoms with Crippen molar-refractivity contribution in [2.24, 2.45) is 0 Å². The van der Waals surface area contributed by atoms with Gasteiger partial charge in [0.1, 0.15) is 35.6 Å². The summed E-state index contributed by atoms with van der Waals surface area (Å²) in [6.07, 6.45) is -1.71. The van der Waals surface area contributed by atoms with E-state index in [-0.39, 0.29) is 68.8 Å². The summed E-state index contributed by atoms with van der Waals surface area (Å²) < 4.78 is 125. The fourth-order valence-electron chi connectivity index (χ4n) is 7.73. The molecule has 5 atom stereocenters. The standard InChI is InChI=1S/C45H65ClF3N9O20P2/c46-45-52-42(33-25-50-58(43(33)53-45)44-40(62)39(61)36(77-44)28-76-80(66,67)29-79(63,64)65)51-31-1-5-56(6-2-31)37(59)3-8-68-11-14-71-19-20-74-21-22-75-27-32-26-57(55-54-32)7-10-70-13-16-73-18-17-72-15-12-69-9-4-38(60)78-41-34(48)23-30(47)24-35(41)49/h23-26,31,36,39-40,44,61-62H,1-22,27-29H2,(H,66,67)(H,51,52,53)(H2,63,64,65)/t36-,39-,40-,44-/m1/s1. The number of hydrogen-bond acceptors (Lipinski definition) is 23. The maximum absolute atomic E-state index is 13.6. The van der Waals surface area contributed by atoms with Crippen molar-refractivity contribution in [3.8, 4) is 5.75 Å². The highest BCUT2D eigenvalue weighted by atomic mass is 35.5. The quantitative estimate of drug-likeness (QED) is 0.0122. The number of hydrogen-bond donors (Lipinski definition) is 6. The number of nitrogens with one attached hydrogen (secondary N) is 1. The summed E-state index contributed by atoms with van der Waals surface area (Å²) in [5.41, 5.74) is 0.783. The van der Waals surface area contributed by atoms with Crippen LogP contribution in [0.5, 0.6) is 5.75 Å². The summed E-state index contributed by atoms with van der Waals surface area (Å²) in [7, 11) is -9.66. The predicted octanol–water partition coefficient (Wildman–Crippen LogP) is 1.57. The Morgan fingerprint density at radius 2 is 1.32 bits per heavy atom. The molecule has 0 aliphatic carbocycles. The first kappa shape index (κ1) is 64.8. The first-order chi connectivity index (χ1) is 38.4. The largest absolute Gasteiger partial charge is 0.420 e. The van der Waals surface area contributed by atoms with Crippen LogP contribution in [0.15, 0.2) is 24.5 Å². The Labute approximate surface area is 460 Å². The molecule has 2 fully saturated rings. The van der Waals surface area contributed by atoms with Crippen LogP contribution in [-0.2, 0) is 79.0 Å². The lowest BCUT2D eigenvalue weighted by Gasteiger charge is -2.32. The molecule has 1 aromatic carbocycles. The van der Waals surface area contributed by atoms with Crippen LogP contribution in [-0.4, -0.2) is 225 Å². The molecular weight excluding hydrogens is 1140 g/mol. The van der Waals surface area contributed by atoms with E-state index < -0.39 is 81.4 Å². The topological polar surface area (TPSA) is 361 Å². The molecule has 29 nitrogen and oxygen atoms in total. The van der Waals surface area contributed by atoms with Crippen LogP contribution in [0.3, 0.4) is 0 Å². The van der Waals surface area contributed by atoms with Crippen LogP contribution in [0, 0.1) is 17.5 Å². The molecule has 448 valence electrons. The van der Waals surface area contributed by atoms with Gasteiger partial charge in [0, 0.05) is 31.3 Å². The molecule has 0 radical (unpaired) electrons. The van der Waals surface area contributed by atoms with Gasteiger partial charge in [-0.05, 0) is 24.4 Å². The van der Waals surface area contributed by atoms with E-state index in [1.807, 2.05) is 0 Å². The number of rotatable bonds is 38. The summed E-state index contributed by atoms with van der Waals surface area (Å²) in [6, 6.07) is 0.719. The third-order valence-corrected chi connectivity index (χ3v) is 15.2. The van der Waals surface area contributed by atoms with Crippen LogP contribution < -0.4 is 10.1 Å². The average molecular weight is 1210 g/mol. The second-order valence-electron chi connectivity index (χ2n) is 17.7. The lowest BCUT2D eigenvalue weighted by atomic mass is 10.0. The van der Waals surface area contributed by atoms with Crippen molar-refractivity contribution >= 4 is 55.5 Å². The first-order valence-corrected chi connectivity index (χ1v) is 29.1. The predicted molar refractivity (Wildman–Crippen MR) is 269 cm³/mol. The van der Waals surface area contributed by atoms with Gasteiger partial charge in [-0.3, -0.25) is 18.7 Å². The lowest BCUT2D eigenvalue weighted by molar-refractivity contribution is -0.136. The number of carbonyl (C=O) groups is 2. The van der Waals surface area contributed by atoms with Crippen molar-refractivity contribution in [1.29, 1.82) is 0 Å². The summed E-state index contributed by atoms with van der Waals surface area (Å²) in [4.78, 5) is 62.8. The number of ether oxygens (including phenoxy) is 10. The molecule has 35 heteroatoms. The molecule has 6 N–H and O–H groups in total. The van der Waals surface area contributed by atoms with Crippen LogP contribution in [0.4, 0.5) is 19.0 Å². The summed E-state index contributed by atoms with van der Waals surface area (Å²) in [6.45, 7) is 5.23. The maximum Gasteiger partial charge on any atom is 0.340 e. The number of likely N-dealkylation sites (tertiary alicyclic amines) is 1. The molecule has 0 bridgehead atoms. The summed E-state index contributed by atoms with van der Waals surface area (Å²) >= 11 is 6.27. The Morgan fingerprint density at radius 1 is 0.762 bits per heavy atom. The highest BCUT2D eigenvalue weighted by molar-refractivity contribution is 7.70. The molecule has 5 heterocycles. The van der Waals surface area contributed by atoms with Crippen LogP contribution >= 0.6 is 26.8 Å². The van der Waals surface area contributed by atoms with E-state index in [9.17, 15) is 47.0 Å². The van der Waals surface area contributed by atoms with Gasteiger partial charge in [-0.1, -0.05) is 5.21 Å². The Hall–Kier alpha value is -4.41. The minimum atomic E-state index is -4.90. The number of carbonyl (C=O) groups excluding carboxylic acids is 2. The van der Waals surface area contributed by atoms with Crippen molar-refractivity contribution < 1.29 is 109 Å². The SMILES string of the molecule is O=C(CCOCCOCCOCCOCCn1cc(COCCOCCOCCOCCC(=O)N2CCC(Nc3nc(Cl)nc4c3cnn4[C@@H]3O[C@H](COP(=O)(O)CP(=O)(O)O)[C@@H](O)[C@H]3O)CC2)nn1)Oc1c(F)cc(F)cc1F. The monoisotopic (exact) mass is 1210 g/mol. The van der Waals surface area contributed by atoms with Crippen molar-refractivity contribution in [3.05, 3.63) is 53.0 Å². The highest BCUT2D eigenvalue weighted by Crippen LogP contribution is 2.55. The molecule has 3 aromatic heterocycles. The van der Waals surface area contributed by atoms with E-state index in [4.69, 9.17) is 68.5 Å². The highest BCUT2D eigenvalue weighted by Gasteiger charge is 2.46. The van der Waals surface area contributed by atoms with Crippen molar-refractivity contribution in [2.75, 3.05) is 130 Å². The molecule has 1 amide bonds. The number of halogens is 4. The normalized spacial score (nSPS) is 18.8. The second kappa shape index (κ2) is 33.0. The fourth-order valence-corrected chi connectivity index (χ4v) is 10.5. The molecule has 2 aliphatic heterocycles. The number of esters is 1. The number of amides is 1. The Bertz CT molecular complexity index is 2640. The number of anilines is 1. The van der Waals surface area contributed by atoms with Gasteiger partial charge in [-0.15, -0.1) is 5.10 Å². The Kier molecular flexibility index (Phi) is 26.7. The summed E-state index contributed by atoms with van der Waals surface area (Å²) in [5, 5.41) is 37.3. The molecule has 6 rings (SSSR count). The van der Waals surface area contributed by atoms with Crippen LogP contribution in [0.2, 0.25) is 5.28 Å². The van der Waals surface area contributed by atoms with Crippen LogP contribution in [0.25, 0.3) is 11.0 Å². The number of aliphatic hydroxyl groups excluding tert-OH is 2. The van der Waals surface area contributed by atoms with Crippen molar-refractivity contribution in [2.45, 2.75) is 69.4 Å². The van der Waals surface area contributed by atoms with Gasteiger partial charge in [0.2, 0.25) is 16.9 Å². The molecule has 4 aromatic rings. The summed E-state index contributed by atoms with van der Waals surface area (Å²) in [5.74, 6) is -6.82. The molecule has 0 saturated carbocycles. The van der Waals surface area contributed by atoms with Gasteiger partial charge in [-0.2, -0.15) is 15.1 Å². The molecule has 1 unspecified atom stereocenters. The number of benzene rings is 1. The maximum atomic E-state index is 13.6. The number of aliphatic hydroxyl groups is 2. The lowest BCUT2D eigenvalue weighted by Crippen LogP contribution is -2.42. The van der Waals surface area contributed by atoms with E-state index in [0.717, 1.165) is 4.68 Å². The fraction of sp³-hybridized carbons (Fsp3) is 0.667. The van der Waals surface area contributed by atoms with Gasteiger partial charge in [0.25, 0.3) is 0 Å². The van der Waals surface area contributed by atoms with Crippen molar-refractivity contribution in [1.82, 2.24) is 39.6 Å². The minimum Gasteiger partial charge on any atom is -0.420 e. The zero-order valence-corrected chi connectivity index (χ0v) is 45.8. The van der Waals surface area contributed by atoms with E-state index in [1.54, 1.807) is 15.8 Å². The first-order valence-electron chi connectivity index (χ1n) is 25.2. The number of piperidine rings is 1. The zero-order valence-electron chi connectivity index (χ0n) is 43.2. The van der Waals surface area contributed by atoms with Gasteiger partial charge >= 0.3 is 21.2 Å². The van der Waals surface area contributed by atoms with E-state index >= 15 is 0 Å². The Morgan fingerprint density at radius 3 is 1.93 bits per heavy atom. The van der Waals surface area contributed by atoms with Crippen molar-refractivity contribution in [3.63, 3.8) is 0 Å². The molecule has 0 spiro atoms. The van der Waals surface area contributed by atoms with Gasteiger partial charge in [-0.25, -0.2) is 22.5 Å². The third kappa shape index (κ3) is 22.1. The van der Waals surface area contributed by atoms with E-state index in [2.05, 4.69) is 35.4 Å². The number of nitrogens with zero attached hydrogens (tertiary/aromatic N) is 8. The molecule has 2 aliphatic rings. The Balaban J connectivity index is 0.704. The zero-order chi connectivity index (χ0) is 57.5. The number of fused-ring (bicyclic) bond motifs is 1. The van der Waals surface area contributed by atoms with Gasteiger partial charge in [0.15, 0.2) is 29.4 Å².